The van der Waals surface area contributed by atoms with E-state index in [0.717, 1.165) is 37.2 Å². The van der Waals surface area contributed by atoms with Crippen LogP contribution < -0.4 is 4.74 Å². The van der Waals surface area contributed by atoms with Gasteiger partial charge in [0, 0.05) is 33.6 Å². The minimum absolute atomic E-state index is 0.0957. The highest BCUT2D eigenvalue weighted by atomic mass is 16.5. The molecule has 0 bridgehead atoms. The van der Waals surface area contributed by atoms with Gasteiger partial charge in [-0.3, -0.25) is 14.5 Å². The fraction of sp³-hybridized carbons (Fsp3) is 0.579. The van der Waals surface area contributed by atoms with Gasteiger partial charge in [0.2, 0.25) is 11.8 Å². The predicted octanol–water partition coefficient (Wildman–Crippen LogP) is 1.45. The lowest BCUT2D eigenvalue weighted by Crippen LogP contribution is -2.44. The Bertz CT molecular complexity index is 578. The van der Waals surface area contributed by atoms with Crippen molar-refractivity contribution in [2.75, 3.05) is 47.9 Å². The van der Waals surface area contributed by atoms with Gasteiger partial charge in [0.25, 0.3) is 0 Å². The van der Waals surface area contributed by atoms with Crippen LogP contribution in [0.4, 0.5) is 0 Å². The van der Waals surface area contributed by atoms with E-state index in [1.54, 1.807) is 31.0 Å². The molecule has 138 valence electrons. The fourth-order valence-corrected chi connectivity index (χ4v) is 3.11. The first kappa shape index (κ1) is 19.2. The molecule has 1 heterocycles. The zero-order valence-corrected chi connectivity index (χ0v) is 15.7. The predicted molar refractivity (Wildman–Crippen MR) is 97.3 cm³/mol. The van der Waals surface area contributed by atoms with Crippen molar-refractivity contribution < 1.29 is 14.3 Å². The average molecular weight is 347 g/mol. The van der Waals surface area contributed by atoms with E-state index in [1.165, 1.54) is 0 Å². The normalized spacial score (nSPS) is 15.7. The van der Waals surface area contributed by atoms with Crippen LogP contribution in [0.3, 0.4) is 0 Å². The molecule has 1 aromatic carbocycles. The Morgan fingerprint density at radius 3 is 2.24 bits per heavy atom. The summed E-state index contributed by atoms with van der Waals surface area (Å²) in [6, 6.07) is 7.75. The lowest BCUT2D eigenvalue weighted by Gasteiger charge is -2.32. The van der Waals surface area contributed by atoms with Crippen LogP contribution in [0.1, 0.15) is 18.4 Å². The van der Waals surface area contributed by atoms with Crippen LogP contribution in [0.5, 0.6) is 5.75 Å². The molecule has 1 aliphatic rings. The van der Waals surface area contributed by atoms with E-state index >= 15 is 0 Å². The Labute approximate surface area is 150 Å². The van der Waals surface area contributed by atoms with Gasteiger partial charge < -0.3 is 14.5 Å². The zero-order chi connectivity index (χ0) is 18.4. The van der Waals surface area contributed by atoms with E-state index in [-0.39, 0.29) is 17.7 Å². The number of nitrogens with zero attached hydrogens (tertiary/aromatic N) is 3. The van der Waals surface area contributed by atoms with Crippen molar-refractivity contribution in [1.82, 2.24) is 14.7 Å². The summed E-state index contributed by atoms with van der Waals surface area (Å²) in [7, 11) is 7.06. The van der Waals surface area contributed by atoms with Crippen LogP contribution in [0.25, 0.3) is 0 Å². The molecule has 6 heteroatoms. The average Bonchev–Trinajstić information content (AvgIpc) is 2.62. The smallest absolute Gasteiger partial charge is 0.236 e. The maximum absolute atomic E-state index is 12.4. The molecule has 0 spiro atoms. The van der Waals surface area contributed by atoms with Crippen LogP contribution in [-0.2, 0) is 16.1 Å². The summed E-state index contributed by atoms with van der Waals surface area (Å²) in [5.74, 6) is 1.21. The summed E-state index contributed by atoms with van der Waals surface area (Å²) in [4.78, 5) is 30.0. The minimum atomic E-state index is 0.0957. The summed E-state index contributed by atoms with van der Waals surface area (Å²) in [6.45, 7) is 2.59. The van der Waals surface area contributed by atoms with E-state index in [9.17, 15) is 9.59 Å². The molecule has 2 rings (SSSR count). The molecular formula is C19H29N3O3. The molecule has 0 saturated carbocycles. The van der Waals surface area contributed by atoms with Crippen molar-refractivity contribution in [3.8, 4) is 5.75 Å². The van der Waals surface area contributed by atoms with Gasteiger partial charge >= 0.3 is 0 Å². The maximum Gasteiger partial charge on any atom is 0.236 e. The molecule has 0 atom stereocenters. The molecule has 2 amide bonds. The number of ether oxygens (including phenoxy) is 1. The topological polar surface area (TPSA) is 53.1 Å². The number of hydrogen-bond donors (Lipinski definition) is 0. The molecule has 0 radical (unpaired) electrons. The third-order valence-corrected chi connectivity index (χ3v) is 4.74. The second-order valence-corrected chi connectivity index (χ2v) is 6.88. The van der Waals surface area contributed by atoms with Crippen molar-refractivity contribution in [3.63, 3.8) is 0 Å². The molecule has 25 heavy (non-hydrogen) atoms. The Morgan fingerprint density at radius 1 is 1.12 bits per heavy atom. The van der Waals surface area contributed by atoms with Crippen LogP contribution >= 0.6 is 0 Å². The fourth-order valence-electron chi connectivity index (χ4n) is 3.11. The molecule has 1 aliphatic heterocycles. The second kappa shape index (κ2) is 8.85. The quantitative estimate of drug-likeness (QED) is 0.782. The minimum Gasteiger partial charge on any atom is -0.497 e. The summed E-state index contributed by atoms with van der Waals surface area (Å²) in [5, 5.41) is 0. The number of likely N-dealkylation sites (N-methyl/N-ethyl adjacent to an activating group) is 1. The van der Waals surface area contributed by atoms with Crippen molar-refractivity contribution >= 4 is 11.8 Å². The summed E-state index contributed by atoms with van der Waals surface area (Å²) < 4.78 is 5.15. The van der Waals surface area contributed by atoms with Gasteiger partial charge in [-0.15, -0.1) is 0 Å². The van der Waals surface area contributed by atoms with E-state index in [0.29, 0.717) is 13.1 Å². The number of methoxy groups -OCH3 is 1. The van der Waals surface area contributed by atoms with E-state index in [1.807, 2.05) is 31.3 Å². The zero-order valence-electron chi connectivity index (χ0n) is 15.7. The van der Waals surface area contributed by atoms with Gasteiger partial charge in [0.15, 0.2) is 0 Å². The molecule has 1 saturated heterocycles. The number of hydrogen-bond acceptors (Lipinski definition) is 4. The van der Waals surface area contributed by atoms with E-state index < -0.39 is 0 Å². The van der Waals surface area contributed by atoms with Gasteiger partial charge in [0.05, 0.1) is 13.7 Å². The first-order valence-electron chi connectivity index (χ1n) is 8.71. The van der Waals surface area contributed by atoms with Crippen LogP contribution in [0.15, 0.2) is 24.3 Å². The lowest BCUT2D eigenvalue weighted by atomic mass is 9.95. The van der Waals surface area contributed by atoms with Crippen LogP contribution in [0.2, 0.25) is 0 Å². The lowest BCUT2D eigenvalue weighted by molar-refractivity contribution is -0.135. The number of carbonyl (C=O) groups excluding carboxylic acids is 2. The van der Waals surface area contributed by atoms with Gasteiger partial charge in [0.1, 0.15) is 5.75 Å². The molecule has 0 aliphatic carbocycles. The number of amides is 2. The standard InChI is InChI=1S/C19H29N3O3/c1-20(2)19(24)16-9-11-22(12-10-16)14-18(23)21(3)13-15-5-7-17(25-4)8-6-15/h5-8,16H,9-14H2,1-4H3. The monoisotopic (exact) mass is 347 g/mol. The molecular weight excluding hydrogens is 318 g/mol. The van der Waals surface area contributed by atoms with Crippen molar-refractivity contribution in [3.05, 3.63) is 29.8 Å². The highest BCUT2D eigenvalue weighted by molar-refractivity contribution is 5.79. The van der Waals surface area contributed by atoms with E-state index in [2.05, 4.69) is 4.90 Å². The number of rotatable bonds is 6. The molecule has 1 aromatic rings. The molecule has 0 aromatic heterocycles. The van der Waals surface area contributed by atoms with Crippen molar-refractivity contribution in [2.24, 2.45) is 5.92 Å². The molecule has 0 N–H and O–H groups in total. The van der Waals surface area contributed by atoms with Gasteiger partial charge in [-0.05, 0) is 43.6 Å². The Balaban J connectivity index is 1.78. The summed E-state index contributed by atoms with van der Waals surface area (Å²) >= 11 is 0. The highest BCUT2D eigenvalue weighted by Crippen LogP contribution is 2.19. The maximum atomic E-state index is 12.4. The second-order valence-electron chi connectivity index (χ2n) is 6.88. The van der Waals surface area contributed by atoms with Crippen LogP contribution in [0, 0.1) is 5.92 Å². The SMILES string of the molecule is COc1ccc(CN(C)C(=O)CN2CCC(C(=O)N(C)C)CC2)cc1. The van der Waals surface area contributed by atoms with Crippen LogP contribution in [-0.4, -0.2) is 74.4 Å². The van der Waals surface area contributed by atoms with Gasteiger partial charge in [-0.2, -0.15) is 0 Å². The Hall–Kier alpha value is -2.08. The summed E-state index contributed by atoms with van der Waals surface area (Å²) in [6.07, 6.45) is 1.65. The third kappa shape index (κ3) is 5.46. The highest BCUT2D eigenvalue weighted by Gasteiger charge is 2.27. The number of piperidine rings is 1. The van der Waals surface area contributed by atoms with Crippen molar-refractivity contribution in [2.45, 2.75) is 19.4 Å². The Morgan fingerprint density at radius 2 is 1.72 bits per heavy atom. The first-order chi connectivity index (χ1) is 11.9. The summed E-state index contributed by atoms with van der Waals surface area (Å²) in [5.41, 5.74) is 1.08. The van der Waals surface area contributed by atoms with E-state index in [4.69, 9.17) is 4.74 Å². The number of carbonyl (C=O) groups is 2. The van der Waals surface area contributed by atoms with Crippen molar-refractivity contribution in [1.29, 1.82) is 0 Å². The Kier molecular flexibility index (Phi) is 6.82. The number of likely N-dealkylation sites (tertiary alicyclic amines) is 1. The third-order valence-electron chi connectivity index (χ3n) is 4.74. The molecule has 1 fully saturated rings. The number of benzene rings is 1. The first-order valence-corrected chi connectivity index (χ1v) is 8.71. The van der Waals surface area contributed by atoms with Gasteiger partial charge in [-0.25, -0.2) is 0 Å². The molecule has 6 nitrogen and oxygen atoms in total. The van der Waals surface area contributed by atoms with Gasteiger partial charge in [-0.1, -0.05) is 12.1 Å². The largest absolute Gasteiger partial charge is 0.497 e. The molecule has 0 unspecified atom stereocenters.